The highest BCUT2D eigenvalue weighted by molar-refractivity contribution is 7.79. The Morgan fingerprint density at radius 2 is 1.60 bits per heavy atom. The Kier molecular flexibility index (Phi) is 6.09. The van der Waals surface area contributed by atoms with Gasteiger partial charge in [-0.05, 0) is 5.46 Å². The van der Waals surface area contributed by atoms with E-state index in [1.165, 1.54) is 0 Å². The van der Waals surface area contributed by atoms with Gasteiger partial charge in [-0.15, -0.1) is 0 Å². The summed E-state index contributed by atoms with van der Waals surface area (Å²) in [6.45, 7) is 0. The van der Waals surface area contributed by atoms with Gasteiger partial charge in [0.25, 0.3) is 0 Å². The van der Waals surface area contributed by atoms with Crippen LogP contribution in [0.25, 0.3) is 0 Å². The lowest BCUT2D eigenvalue weighted by molar-refractivity contribution is 0.281. The van der Waals surface area contributed by atoms with Crippen molar-refractivity contribution < 1.29 is 27.3 Å². The van der Waals surface area contributed by atoms with Crippen molar-refractivity contribution in [2.45, 2.75) is 0 Å². The number of hydrogen-bond donors (Lipinski definition) is 4. The van der Waals surface area contributed by atoms with Crippen molar-refractivity contribution in [1.82, 2.24) is 0 Å². The van der Waals surface area contributed by atoms with Gasteiger partial charge < -0.3 is 9.78 Å². The Hall–Kier alpha value is -0.965. The summed E-state index contributed by atoms with van der Waals surface area (Å²) in [4.78, 5) is 0. The molecular formula is C6H10BNO6S. The van der Waals surface area contributed by atoms with Gasteiger partial charge in [0.1, 0.15) is 0 Å². The third kappa shape index (κ3) is 9.34. The molecule has 0 atom stereocenters. The van der Waals surface area contributed by atoms with E-state index in [4.69, 9.17) is 28.4 Å². The van der Waals surface area contributed by atoms with Gasteiger partial charge in [-0.2, -0.15) is 8.42 Å². The lowest BCUT2D eigenvalue weighted by atomic mass is 9.80. The van der Waals surface area contributed by atoms with Crippen LogP contribution in [0.4, 0.5) is 0 Å². The first-order valence-electron chi connectivity index (χ1n) is 3.63. The molecule has 5 N–H and O–H groups in total. The van der Waals surface area contributed by atoms with Crippen LogP contribution in [0.2, 0.25) is 0 Å². The fourth-order valence-corrected chi connectivity index (χ4v) is 0.696. The third-order valence-corrected chi connectivity index (χ3v) is 1.21. The quantitative estimate of drug-likeness (QED) is 0.282. The Morgan fingerprint density at radius 3 is 1.93 bits per heavy atom. The molecule has 0 spiro atoms. The van der Waals surface area contributed by atoms with Gasteiger partial charge in [0.05, 0.1) is 0 Å². The van der Waals surface area contributed by atoms with E-state index >= 15 is 0 Å². The zero-order valence-corrected chi connectivity index (χ0v) is 8.33. The molecule has 0 amide bonds. The van der Waals surface area contributed by atoms with Gasteiger partial charge in [0.2, 0.25) is 0 Å². The van der Waals surface area contributed by atoms with Crippen molar-refractivity contribution in [1.29, 1.82) is 0 Å². The van der Waals surface area contributed by atoms with Gasteiger partial charge in [0, 0.05) is 0 Å². The zero-order chi connectivity index (χ0) is 11.9. The highest BCUT2D eigenvalue weighted by Crippen LogP contribution is 1.84. The Bertz CT molecular complexity index is 360. The van der Waals surface area contributed by atoms with E-state index in [9.17, 15) is 0 Å². The summed E-state index contributed by atoms with van der Waals surface area (Å²) in [6.07, 6.45) is 0. The summed E-state index contributed by atoms with van der Waals surface area (Å²) in [5.74, 6) is 4.75. The van der Waals surface area contributed by atoms with Crippen LogP contribution in [0.3, 0.4) is 0 Å². The predicted molar refractivity (Wildman–Crippen MR) is 53.5 cm³/mol. The molecule has 7 nitrogen and oxygen atoms in total. The van der Waals surface area contributed by atoms with Crippen LogP contribution in [0.15, 0.2) is 30.3 Å². The van der Waals surface area contributed by atoms with Crippen molar-refractivity contribution >= 4 is 23.0 Å². The standard InChI is InChI=1S/C6H8BNO2.H2O4S/c8-10-7(9)6-4-2-1-3-5-6;1-5(2,3)4/h1-5,9H,8H2;(H2,1,2,3,4). The molecule has 0 saturated heterocycles. The Labute approximate surface area is 87.2 Å². The fraction of sp³-hybridized carbons (Fsp3) is 0. The number of benzene rings is 1. The fourth-order valence-electron chi connectivity index (χ4n) is 0.696. The molecule has 0 aliphatic heterocycles. The molecular weight excluding hydrogens is 225 g/mol. The van der Waals surface area contributed by atoms with Crippen LogP contribution in [0.5, 0.6) is 0 Å². The predicted octanol–water partition coefficient (Wildman–Crippen LogP) is -1.39. The monoisotopic (exact) mass is 235 g/mol. The first kappa shape index (κ1) is 14.0. The molecule has 1 aromatic rings. The summed E-state index contributed by atoms with van der Waals surface area (Å²) >= 11 is 0. The van der Waals surface area contributed by atoms with Crippen molar-refractivity contribution in [3.05, 3.63) is 30.3 Å². The molecule has 0 fully saturated rings. The van der Waals surface area contributed by atoms with E-state index in [1.807, 2.05) is 6.07 Å². The summed E-state index contributed by atoms with van der Waals surface area (Å²) in [6, 6.07) is 8.93. The van der Waals surface area contributed by atoms with Gasteiger partial charge in [-0.3, -0.25) is 9.11 Å². The molecule has 9 heteroatoms. The van der Waals surface area contributed by atoms with Gasteiger partial charge >= 0.3 is 17.5 Å². The lowest BCUT2D eigenvalue weighted by Gasteiger charge is -2.00. The number of hydrogen-bond acceptors (Lipinski definition) is 5. The van der Waals surface area contributed by atoms with Crippen molar-refractivity contribution in [2.24, 2.45) is 5.90 Å². The molecule has 84 valence electrons. The van der Waals surface area contributed by atoms with Gasteiger partial charge in [-0.25, -0.2) is 5.90 Å². The molecule has 15 heavy (non-hydrogen) atoms. The summed E-state index contributed by atoms with van der Waals surface area (Å²) in [5, 5.41) is 8.98. The van der Waals surface area contributed by atoms with Crippen molar-refractivity contribution in [2.75, 3.05) is 0 Å². The first-order valence-corrected chi connectivity index (χ1v) is 5.02. The molecule has 0 aliphatic carbocycles. The van der Waals surface area contributed by atoms with E-state index in [0.717, 1.165) is 0 Å². The maximum absolute atomic E-state index is 8.98. The van der Waals surface area contributed by atoms with Crippen LogP contribution < -0.4 is 11.4 Å². The van der Waals surface area contributed by atoms with Crippen LogP contribution in [0.1, 0.15) is 0 Å². The minimum absolute atomic E-state index is 0.657. The molecule has 0 aromatic heterocycles. The van der Waals surface area contributed by atoms with Crippen LogP contribution in [-0.4, -0.2) is 29.7 Å². The number of nitrogens with two attached hydrogens (primary N) is 1. The van der Waals surface area contributed by atoms with Crippen LogP contribution in [0, 0.1) is 0 Å². The van der Waals surface area contributed by atoms with Crippen LogP contribution in [-0.2, 0) is 15.2 Å². The van der Waals surface area contributed by atoms with E-state index < -0.39 is 17.5 Å². The molecule has 0 unspecified atom stereocenters. The topological polar surface area (TPSA) is 130 Å². The van der Waals surface area contributed by atoms with Crippen molar-refractivity contribution in [3.8, 4) is 0 Å². The van der Waals surface area contributed by atoms with E-state index in [-0.39, 0.29) is 0 Å². The van der Waals surface area contributed by atoms with E-state index in [2.05, 4.69) is 4.76 Å². The SMILES string of the molecule is NOB(O)c1ccccc1.O=S(=O)(O)O. The van der Waals surface area contributed by atoms with Crippen LogP contribution >= 0.6 is 0 Å². The minimum Gasteiger partial charge on any atom is -0.422 e. The largest absolute Gasteiger partial charge is 0.508 e. The second kappa shape index (κ2) is 6.51. The highest BCUT2D eigenvalue weighted by atomic mass is 32.3. The molecule has 0 saturated carbocycles. The molecule has 0 heterocycles. The first-order chi connectivity index (χ1) is 6.84. The second-order valence-corrected chi connectivity index (χ2v) is 3.24. The maximum atomic E-state index is 8.98. The van der Waals surface area contributed by atoms with Gasteiger partial charge in [0.15, 0.2) is 0 Å². The van der Waals surface area contributed by atoms with Gasteiger partial charge in [-0.1, -0.05) is 30.3 Å². The smallest absolute Gasteiger partial charge is 0.422 e. The summed E-state index contributed by atoms with van der Waals surface area (Å²) in [7, 11) is -5.68. The second-order valence-electron chi connectivity index (χ2n) is 2.35. The average Bonchev–Trinajstić information content (AvgIpc) is 2.15. The lowest BCUT2D eigenvalue weighted by Crippen LogP contribution is -2.35. The molecule has 0 aliphatic rings. The highest BCUT2D eigenvalue weighted by Gasteiger charge is 2.12. The molecule has 0 bridgehead atoms. The molecule has 1 rings (SSSR count). The third-order valence-electron chi connectivity index (χ3n) is 1.21. The average molecular weight is 235 g/mol. The van der Waals surface area contributed by atoms with E-state index in [0.29, 0.717) is 5.46 Å². The zero-order valence-electron chi connectivity index (χ0n) is 7.52. The Balaban J connectivity index is 0.000000336. The summed E-state index contributed by atoms with van der Waals surface area (Å²) in [5.41, 5.74) is 0.657. The minimum atomic E-state index is -4.67. The maximum Gasteiger partial charge on any atom is 0.508 e. The van der Waals surface area contributed by atoms with Crippen molar-refractivity contribution in [3.63, 3.8) is 0 Å². The van der Waals surface area contributed by atoms with E-state index in [1.54, 1.807) is 24.3 Å². The molecule has 1 aromatic carbocycles. The number of rotatable bonds is 2. The summed E-state index contributed by atoms with van der Waals surface area (Å²) < 4.78 is 35.8. The Morgan fingerprint density at radius 1 is 1.20 bits per heavy atom. The molecule has 0 radical (unpaired) electrons. The normalized spacial score (nSPS) is 10.1.